The maximum absolute atomic E-state index is 5.50. The van der Waals surface area contributed by atoms with E-state index in [-0.39, 0.29) is 0 Å². The molecule has 114 valence electrons. The van der Waals surface area contributed by atoms with Crippen molar-refractivity contribution in [3.05, 3.63) is 18.0 Å². The summed E-state index contributed by atoms with van der Waals surface area (Å²) in [6, 6.07) is 0.304. The predicted molar refractivity (Wildman–Crippen MR) is 79.8 cm³/mol. The fourth-order valence-corrected chi connectivity index (χ4v) is 3.04. The number of rotatable bonds is 2. The zero-order valence-corrected chi connectivity index (χ0v) is 12.6. The minimum atomic E-state index is 0.304. The largest absolute Gasteiger partial charge is 0.381 e. The molecule has 5 nitrogen and oxygen atoms in total. The van der Waals surface area contributed by atoms with Crippen LogP contribution >= 0.6 is 0 Å². The monoisotopic (exact) mass is 289 g/mol. The Balaban J connectivity index is 1.75. The minimum Gasteiger partial charge on any atom is -0.381 e. The first-order valence-corrected chi connectivity index (χ1v) is 7.72. The Bertz CT molecular complexity index is 487. The molecule has 1 unspecified atom stereocenters. The van der Waals surface area contributed by atoms with E-state index in [4.69, 9.17) is 9.47 Å². The fourth-order valence-electron chi connectivity index (χ4n) is 3.04. The average Bonchev–Trinajstić information content (AvgIpc) is 2.95. The van der Waals surface area contributed by atoms with Gasteiger partial charge in [-0.25, -0.2) is 0 Å². The van der Waals surface area contributed by atoms with Crippen molar-refractivity contribution < 1.29 is 9.47 Å². The standard InChI is InChI=1S/C16H23N3O2/c1-18-13-14(12-17-18)2-3-16(15-4-8-20-9-5-15)19-6-10-21-11-7-19/h12-13,15-16H,4-11H2,1H3. The lowest BCUT2D eigenvalue weighted by molar-refractivity contribution is -0.00610. The van der Waals surface area contributed by atoms with Gasteiger partial charge in [0.15, 0.2) is 0 Å². The van der Waals surface area contributed by atoms with Crippen molar-refractivity contribution in [2.45, 2.75) is 18.9 Å². The quantitative estimate of drug-likeness (QED) is 0.758. The average molecular weight is 289 g/mol. The van der Waals surface area contributed by atoms with Crippen molar-refractivity contribution in [2.24, 2.45) is 13.0 Å². The lowest BCUT2D eigenvalue weighted by Crippen LogP contribution is -2.47. The number of aromatic nitrogens is 2. The highest BCUT2D eigenvalue weighted by molar-refractivity contribution is 5.31. The van der Waals surface area contributed by atoms with Crippen LogP contribution in [0, 0.1) is 17.8 Å². The van der Waals surface area contributed by atoms with Gasteiger partial charge in [0.05, 0.1) is 31.0 Å². The van der Waals surface area contributed by atoms with Gasteiger partial charge in [-0.1, -0.05) is 11.8 Å². The number of hydrogen-bond acceptors (Lipinski definition) is 4. The van der Waals surface area contributed by atoms with Gasteiger partial charge in [0, 0.05) is 39.5 Å². The predicted octanol–water partition coefficient (Wildman–Crippen LogP) is 0.899. The highest BCUT2D eigenvalue weighted by Crippen LogP contribution is 2.23. The Kier molecular flexibility index (Phi) is 4.91. The van der Waals surface area contributed by atoms with E-state index in [1.165, 1.54) is 0 Å². The van der Waals surface area contributed by atoms with Gasteiger partial charge in [-0.3, -0.25) is 9.58 Å². The molecule has 0 aromatic carbocycles. The smallest absolute Gasteiger partial charge is 0.0750 e. The molecule has 0 N–H and O–H groups in total. The van der Waals surface area contributed by atoms with Crippen molar-refractivity contribution in [3.63, 3.8) is 0 Å². The van der Waals surface area contributed by atoms with Gasteiger partial charge in [-0.2, -0.15) is 5.10 Å². The topological polar surface area (TPSA) is 39.5 Å². The molecule has 1 aromatic rings. The summed E-state index contributed by atoms with van der Waals surface area (Å²) in [6.45, 7) is 5.30. The molecule has 0 aliphatic carbocycles. The number of morpholine rings is 1. The number of hydrogen-bond donors (Lipinski definition) is 0. The molecule has 2 saturated heterocycles. The number of aryl methyl sites for hydroxylation is 1. The third-order valence-electron chi connectivity index (χ3n) is 4.22. The molecule has 0 saturated carbocycles. The highest BCUT2D eigenvalue weighted by Gasteiger charge is 2.28. The fraction of sp³-hybridized carbons (Fsp3) is 0.688. The lowest BCUT2D eigenvalue weighted by Gasteiger charge is -2.37. The summed E-state index contributed by atoms with van der Waals surface area (Å²) in [5, 5.41) is 4.18. The molecule has 3 heterocycles. The maximum atomic E-state index is 5.50. The van der Waals surface area contributed by atoms with Crippen LogP contribution in [-0.2, 0) is 16.5 Å². The molecule has 0 radical (unpaired) electrons. The van der Waals surface area contributed by atoms with E-state index in [1.807, 2.05) is 19.4 Å². The van der Waals surface area contributed by atoms with Crippen molar-refractivity contribution in [3.8, 4) is 11.8 Å². The van der Waals surface area contributed by atoms with E-state index in [0.717, 1.165) is 57.9 Å². The van der Waals surface area contributed by atoms with E-state index < -0.39 is 0 Å². The molecule has 5 heteroatoms. The zero-order chi connectivity index (χ0) is 14.5. The Hall–Kier alpha value is -1.35. The summed E-state index contributed by atoms with van der Waals surface area (Å²) in [5.74, 6) is 7.40. The van der Waals surface area contributed by atoms with Crippen molar-refractivity contribution in [1.29, 1.82) is 0 Å². The molecule has 0 amide bonds. The Morgan fingerprint density at radius 3 is 2.57 bits per heavy atom. The lowest BCUT2D eigenvalue weighted by atomic mass is 9.90. The van der Waals surface area contributed by atoms with Crippen LogP contribution in [0.2, 0.25) is 0 Å². The molecular weight excluding hydrogens is 266 g/mol. The zero-order valence-electron chi connectivity index (χ0n) is 12.6. The van der Waals surface area contributed by atoms with Crippen molar-refractivity contribution >= 4 is 0 Å². The first kappa shape index (κ1) is 14.6. The Labute approximate surface area is 126 Å². The van der Waals surface area contributed by atoms with E-state index in [9.17, 15) is 0 Å². The second-order valence-electron chi connectivity index (χ2n) is 5.71. The number of ether oxygens (including phenoxy) is 2. The van der Waals surface area contributed by atoms with Crippen molar-refractivity contribution in [1.82, 2.24) is 14.7 Å². The summed E-state index contributed by atoms with van der Waals surface area (Å²) in [5.41, 5.74) is 0.989. The van der Waals surface area contributed by atoms with Crippen LogP contribution < -0.4 is 0 Å². The highest BCUT2D eigenvalue weighted by atomic mass is 16.5. The third-order valence-corrected chi connectivity index (χ3v) is 4.22. The van der Waals surface area contributed by atoms with Crippen LogP contribution in [0.4, 0.5) is 0 Å². The van der Waals surface area contributed by atoms with Crippen LogP contribution in [0.1, 0.15) is 18.4 Å². The molecule has 2 fully saturated rings. The summed E-state index contributed by atoms with van der Waals surface area (Å²) in [4.78, 5) is 2.48. The first-order valence-electron chi connectivity index (χ1n) is 7.72. The van der Waals surface area contributed by atoms with Gasteiger partial charge < -0.3 is 9.47 Å². The van der Waals surface area contributed by atoms with Gasteiger partial charge in [0.25, 0.3) is 0 Å². The molecular formula is C16H23N3O2. The summed E-state index contributed by atoms with van der Waals surface area (Å²) >= 11 is 0. The van der Waals surface area contributed by atoms with Crippen LogP contribution in [0.15, 0.2) is 12.4 Å². The van der Waals surface area contributed by atoms with E-state index in [1.54, 1.807) is 4.68 Å². The summed E-state index contributed by atoms with van der Waals surface area (Å²) in [6.07, 6.45) is 5.99. The molecule has 1 aromatic heterocycles. The molecule has 1 atom stereocenters. The van der Waals surface area contributed by atoms with Gasteiger partial charge >= 0.3 is 0 Å². The molecule has 0 bridgehead atoms. The summed E-state index contributed by atoms with van der Waals surface area (Å²) < 4.78 is 12.8. The molecule has 0 spiro atoms. The Morgan fingerprint density at radius 2 is 1.90 bits per heavy atom. The second kappa shape index (κ2) is 7.08. The molecule has 3 rings (SSSR count). The van der Waals surface area contributed by atoms with E-state index >= 15 is 0 Å². The van der Waals surface area contributed by atoms with Crippen LogP contribution in [0.25, 0.3) is 0 Å². The molecule has 2 aliphatic rings. The minimum absolute atomic E-state index is 0.304. The molecule has 21 heavy (non-hydrogen) atoms. The van der Waals surface area contributed by atoms with E-state index in [2.05, 4.69) is 21.8 Å². The second-order valence-corrected chi connectivity index (χ2v) is 5.71. The summed E-state index contributed by atoms with van der Waals surface area (Å²) in [7, 11) is 1.92. The van der Waals surface area contributed by atoms with E-state index in [0.29, 0.717) is 12.0 Å². The number of nitrogens with zero attached hydrogens (tertiary/aromatic N) is 3. The van der Waals surface area contributed by atoms with Crippen LogP contribution in [0.3, 0.4) is 0 Å². The van der Waals surface area contributed by atoms with Gasteiger partial charge in [-0.15, -0.1) is 0 Å². The van der Waals surface area contributed by atoms with Gasteiger partial charge in [0.1, 0.15) is 0 Å². The SMILES string of the molecule is Cn1cc(C#CC(C2CCOCC2)N2CCOCC2)cn1. The van der Waals surface area contributed by atoms with Gasteiger partial charge in [-0.05, 0) is 18.8 Å². The van der Waals surface area contributed by atoms with Crippen LogP contribution in [-0.4, -0.2) is 60.2 Å². The van der Waals surface area contributed by atoms with Crippen LogP contribution in [0.5, 0.6) is 0 Å². The maximum Gasteiger partial charge on any atom is 0.0750 e. The third kappa shape index (κ3) is 3.85. The van der Waals surface area contributed by atoms with Gasteiger partial charge in [0.2, 0.25) is 0 Å². The first-order chi connectivity index (χ1) is 10.3. The van der Waals surface area contributed by atoms with Crippen molar-refractivity contribution in [2.75, 3.05) is 39.5 Å². The normalized spacial score (nSPS) is 22.5. The molecule has 2 aliphatic heterocycles. The Morgan fingerprint density at radius 1 is 1.19 bits per heavy atom.